The molecule has 1 N–H and O–H groups in total. The number of hydrogen-bond acceptors (Lipinski definition) is 7. The van der Waals surface area contributed by atoms with Gasteiger partial charge < -0.3 is 14.9 Å². The summed E-state index contributed by atoms with van der Waals surface area (Å²) in [6, 6.07) is 4.56. The van der Waals surface area contributed by atoms with Crippen LogP contribution in [0.1, 0.15) is 35.2 Å². The van der Waals surface area contributed by atoms with Gasteiger partial charge in [0.05, 0.1) is 22.5 Å². The quantitative estimate of drug-likeness (QED) is 0.453. The van der Waals surface area contributed by atoms with E-state index in [2.05, 4.69) is 15.0 Å². The van der Waals surface area contributed by atoms with E-state index in [-0.39, 0.29) is 11.3 Å². The molecule has 0 radical (unpaired) electrons. The average molecular weight is 395 g/mol. The smallest absolute Gasteiger partial charge is 0.295 e. The number of likely N-dealkylation sites (tertiary alicyclic amines) is 1. The number of Topliss-reactive ketones (excluding diaryl/α,β-unsaturated/α-hetero) is 1. The van der Waals surface area contributed by atoms with E-state index in [4.69, 9.17) is 0 Å². The zero-order valence-corrected chi connectivity index (χ0v) is 17.1. The van der Waals surface area contributed by atoms with Crippen LogP contribution >= 0.6 is 0 Å². The summed E-state index contributed by atoms with van der Waals surface area (Å²) in [4.78, 5) is 42.0. The van der Waals surface area contributed by atoms with Gasteiger partial charge in [0.2, 0.25) is 0 Å². The summed E-state index contributed by atoms with van der Waals surface area (Å²) in [5, 5.41) is 11.0. The van der Waals surface area contributed by atoms with E-state index in [0.29, 0.717) is 35.7 Å². The third-order valence-electron chi connectivity index (χ3n) is 4.87. The second kappa shape index (κ2) is 8.48. The number of rotatable bonds is 6. The van der Waals surface area contributed by atoms with E-state index in [1.54, 1.807) is 38.2 Å². The Morgan fingerprint density at radius 2 is 1.97 bits per heavy atom. The Morgan fingerprint density at radius 1 is 1.21 bits per heavy atom. The molecule has 0 aromatic carbocycles. The van der Waals surface area contributed by atoms with E-state index in [1.165, 1.54) is 11.1 Å². The number of ketones is 1. The van der Waals surface area contributed by atoms with Crippen molar-refractivity contribution in [3.63, 3.8) is 0 Å². The average Bonchev–Trinajstić information content (AvgIpc) is 2.93. The highest BCUT2D eigenvalue weighted by Gasteiger charge is 2.46. The Bertz CT molecular complexity index is 956. The van der Waals surface area contributed by atoms with Gasteiger partial charge in [0.25, 0.3) is 11.7 Å². The lowest BCUT2D eigenvalue weighted by Crippen LogP contribution is -2.32. The van der Waals surface area contributed by atoms with Gasteiger partial charge >= 0.3 is 0 Å². The Kier molecular flexibility index (Phi) is 6.03. The van der Waals surface area contributed by atoms with Crippen molar-refractivity contribution >= 4 is 17.4 Å². The van der Waals surface area contributed by atoms with Crippen molar-refractivity contribution in [3.8, 4) is 0 Å². The van der Waals surface area contributed by atoms with Gasteiger partial charge in [-0.2, -0.15) is 0 Å². The lowest BCUT2D eigenvalue weighted by atomic mass is 9.98. The minimum Gasteiger partial charge on any atom is -0.507 e. The first-order chi connectivity index (χ1) is 13.8. The molecular formula is C21H25N5O3. The van der Waals surface area contributed by atoms with E-state index < -0.39 is 17.7 Å². The molecule has 0 bridgehead atoms. The van der Waals surface area contributed by atoms with Gasteiger partial charge in [0.1, 0.15) is 17.6 Å². The Balaban J connectivity index is 2.10. The number of aliphatic hydroxyl groups is 1. The molecule has 8 nitrogen and oxygen atoms in total. The molecule has 1 fully saturated rings. The summed E-state index contributed by atoms with van der Waals surface area (Å²) in [7, 11) is 3.90. The van der Waals surface area contributed by atoms with Crippen LogP contribution in [0.25, 0.3) is 5.76 Å². The molecular weight excluding hydrogens is 370 g/mol. The molecule has 152 valence electrons. The summed E-state index contributed by atoms with van der Waals surface area (Å²) in [6.07, 6.45) is 3.77. The van der Waals surface area contributed by atoms with E-state index in [1.807, 2.05) is 19.0 Å². The fraction of sp³-hybridized carbons (Fsp3) is 0.381. The number of amides is 1. The molecule has 2 aromatic rings. The van der Waals surface area contributed by atoms with Crippen LogP contribution in [0.4, 0.5) is 0 Å². The van der Waals surface area contributed by atoms with Crippen LogP contribution in [0.15, 0.2) is 36.2 Å². The number of carbonyl (C=O) groups excluding carboxylic acids is 2. The van der Waals surface area contributed by atoms with Gasteiger partial charge in [-0.3, -0.25) is 14.6 Å². The topological polar surface area (TPSA) is 99.5 Å². The van der Waals surface area contributed by atoms with Gasteiger partial charge in [-0.15, -0.1) is 0 Å². The van der Waals surface area contributed by atoms with Gasteiger partial charge in [-0.1, -0.05) is 6.07 Å². The molecule has 0 saturated carbocycles. The number of aryl methyl sites for hydroxylation is 2. The number of nitrogens with zero attached hydrogens (tertiary/aromatic N) is 5. The second-order valence-electron chi connectivity index (χ2n) is 7.32. The molecule has 8 heteroatoms. The maximum atomic E-state index is 12.9. The maximum absolute atomic E-state index is 12.9. The molecule has 1 aliphatic heterocycles. The minimum atomic E-state index is -0.751. The lowest BCUT2D eigenvalue weighted by Gasteiger charge is -2.25. The van der Waals surface area contributed by atoms with E-state index >= 15 is 0 Å². The molecule has 1 aliphatic rings. The minimum absolute atomic E-state index is 0.0223. The van der Waals surface area contributed by atoms with Crippen LogP contribution in [0.5, 0.6) is 0 Å². The summed E-state index contributed by atoms with van der Waals surface area (Å²) < 4.78 is 0. The van der Waals surface area contributed by atoms with Crippen LogP contribution in [-0.2, 0) is 9.59 Å². The molecule has 0 aliphatic carbocycles. The molecule has 3 heterocycles. The molecule has 1 saturated heterocycles. The Morgan fingerprint density at radius 3 is 2.59 bits per heavy atom. The summed E-state index contributed by atoms with van der Waals surface area (Å²) in [5.74, 6) is -1.06. The molecule has 1 atom stereocenters. The van der Waals surface area contributed by atoms with Crippen molar-refractivity contribution in [1.82, 2.24) is 24.8 Å². The molecule has 1 amide bonds. The van der Waals surface area contributed by atoms with Crippen LogP contribution in [0, 0.1) is 13.8 Å². The second-order valence-corrected chi connectivity index (χ2v) is 7.32. The summed E-state index contributed by atoms with van der Waals surface area (Å²) in [5.41, 5.74) is 1.43. The highest BCUT2D eigenvalue weighted by molar-refractivity contribution is 6.46. The van der Waals surface area contributed by atoms with E-state index in [0.717, 1.165) is 6.54 Å². The zero-order chi connectivity index (χ0) is 21.1. The van der Waals surface area contributed by atoms with Crippen molar-refractivity contribution in [2.24, 2.45) is 0 Å². The predicted molar refractivity (Wildman–Crippen MR) is 108 cm³/mol. The lowest BCUT2D eigenvalue weighted by molar-refractivity contribution is -0.140. The van der Waals surface area contributed by atoms with E-state index in [9.17, 15) is 14.7 Å². The molecule has 1 unspecified atom stereocenters. The number of hydrogen-bond donors (Lipinski definition) is 1. The zero-order valence-electron chi connectivity index (χ0n) is 17.1. The molecule has 29 heavy (non-hydrogen) atoms. The summed E-state index contributed by atoms with van der Waals surface area (Å²) >= 11 is 0. The number of aliphatic hydroxyl groups excluding tert-OH is 1. The molecule has 2 aromatic heterocycles. The Hall–Kier alpha value is -3.13. The fourth-order valence-corrected chi connectivity index (χ4v) is 3.47. The molecule has 3 rings (SSSR count). The first-order valence-electron chi connectivity index (χ1n) is 9.46. The van der Waals surface area contributed by atoms with Gasteiger partial charge in [-0.25, -0.2) is 9.97 Å². The van der Waals surface area contributed by atoms with Crippen molar-refractivity contribution in [1.29, 1.82) is 0 Å². The Labute approximate surface area is 169 Å². The highest BCUT2D eigenvalue weighted by Crippen LogP contribution is 2.38. The van der Waals surface area contributed by atoms with Crippen molar-refractivity contribution in [3.05, 3.63) is 58.9 Å². The highest BCUT2D eigenvalue weighted by atomic mass is 16.3. The largest absolute Gasteiger partial charge is 0.507 e. The van der Waals surface area contributed by atoms with Crippen LogP contribution in [0.2, 0.25) is 0 Å². The van der Waals surface area contributed by atoms with Crippen molar-refractivity contribution in [2.45, 2.75) is 26.3 Å². The summed E-state index contributed by atoms with van der Waals surface area (Å²) in [6.45, 7) is 4.62. The maximum Gasteiger partial charge on any atom is 0.295 e. The third kappa shape index (κ3) is 4.17. The van der Waals surface area contributed by atoms with Crippen LogP contribution in [-0.4, -0.2) is 68.7 Å². The monoisotopic (exact) mass is 395 g/mol. The number of pyridine rings is 1. The predicted octanol–water partition coefficient (Wildman–Crippen LogP) is 1.86. The van der Waals surface area contributed by atoms with Gasteiger partial charge in [0.15, 0.2) is 0 Å². The van der Waals surface area contributed by atoms with Gasteiger partial charge in [-0.05, 0) is 53.0 Å². The van der Waals surface area contributed by atoms with Gasteiger partial charge in [0, 0.05) is 18.9 Å². The number of aromatic nitrogens is 3. The first-order valence-corrected chi connectivity index (χ1v) is 9.46. The van der Waals surface area contributed by atoms with Crippen molar-refractivity contribution < 1.29 is 14.7 Å². The molecule has 0 spiro atoms. The first kappa shape index (κ1) is 20.6. The SMILES string of the molecule is Cc1ncc(/C(O)=C2\C(=O)C(=O)N(CCCN(C)C)C2c2ccccn2)c(C)n1. The standard InChI is InChI=1S/C21H25N5O3/c1-13-15(12-23-14(2)24-13)19(27)17-18(16-8-5-6-9-22-16)26(21(29)20(17)28)11-7-10-25(3)4/h5-6,8-9,12,18,27H,7,10-11H2,1-4H3/b19-17+. The number of carbonyl (C=O) groups is 2. The van der Waals surface area contributed by atoms with Crippen LogP contribution < -0.4 is 0 Å². The van der Waals surface area contributed by atoms with Crippen molar-refractivity contribution in [2.75, 3.05) is 27.2 Å². The van der Waals surface area contributed by atoms with Crippen LogP contribution in [0.3, 0.4) is 0 Å². The third-order valence-corrected chi connectivity index (χ3v) is 4.87. The normalized spacial score (nSPS) is 18.7. The fourth-order valence-electron chi connectivity index (χ4n) is 3.47.